The van der Waals surface area contributed by atoms with Gasteiger partial charge in [-0.1, -0.05) is 6.58 Å². The average Bonchev–Trinajstić information content (AvgIpc) is 2.11. The first-order chi connectivity index (χ1) is 6.77. The van der Waals surface area contributed by atoms with Crippen LogP contribution in [0.25, 0.3) is 0 Å². The van der Waals surface area contributed by atoms with E-state index in [9.17, 15) is 24.6 Å². The molecule has 0 heterocycles. The topological polar surface area (TPSA) is 127 Å². The van der Waals surface area contributed by atoms with E-state index in [-0.39, 0.29) is 43.3 Å². The minimum Gasteiger partial charge on any atom is -0.547 e. The molecule has 0 amide bonds. The van der Waals surface area contributed by atoms with Crippen LogP contribution in [-0.2, 0) is 19.1 Å². The van der Waals surface area contributed by atoms with Crippen LogP contribution in [0.2, 0.25) is 0 Å². The van der Waals surface area contributed by atoms with Crippen molar-refractivity contribution in [3.63, 3.8) is 0 Å². The average molecular weight is 230 g/mol. The first kappa shape index (κ1) is 21.6. The van der Waals surface area contributed by atoms with Crippen molar-refractivity contribution in [2.24, 2.45) is 0 Å². The molecule has 0 spiro atoms. The van der Waals surface area contributed by atoms with Crippen molar-refractivity contribution in [2.75, 3.05) is 0 Å². The number of hydrogen-bond donors (Lipinski definition) is 1. The summed E-state index contributed by atoms with van der Waals surface area (Å²) in [6.07, 6.45) is -4.81. The molecule has 0 radical (unpaired) electrons. The number of aliphatic hydroxyl groups is 1. The maximum absolute atomic E-state index is 10.8. The zero-order valence-electron chi connectivity index (χ0n) is 9.76. The summed E-state index contributed by atoms with van der Waals surface area (Å²) in [5.41, 5.74) is -0.146. The Morgan fingerprint density at radius 2 is 1.59 bits per heavy atom. The van der Waals surface area contributed by atoms with Crippen LogP contribution in [0, 0.1) is 0 Å². The Kier molecular flexibility index (Phi) is 11.9. The molecule has 9 heteroatoms. The standard InChI is InChI=1S/C8H10O7.2Li/c1-3(2)8(14)15-5(7(12)13)4(9)6(10)11;;/h4-5,9H,1H2,2H3,(H,10,11)(H,12,13);;/q;2*+1/p-2. The van der Waals surface area contributed by atoms with Crippen LogP contribution >= 0.6 is 0 Å². The number of carboxylic acid groups (broad SMARTS) is 2. The SMILES string of the molecule is C=C(C)C(=O)OC(C(=O)[O-])C(O)C(=O)[O-].[Li+].[Li+]. The number of rotatable bonds is 5. The third-order valence-corrected chi connectivity index (χ3v) is 1.34. The minimum absolute atomic E-state index is 0. The summed E-state index contributed by atoms with van der Waals surface area (Å²) < 4.78 is 4.13. The number of hydrogen-bond acceptors (Lipinski definition) is 7. The summed E-state index contributed by atoms with van der Waals surface area (Å²) in [6, 6.07) is 0. The molecule has 17 heavy (non-hydrogen) atoms. The number of aliphatic hydroxyl groups excluding tert-OH is 1. The number of aliphatic carboxylic acids is 2. The van der Waals surface area contributed by atoms with Crippen LogP contribution in [0.15, 0.2) is 12.2 Å². The van der Waals surface area contributed by atoms with Crippen molar-refractivity contribution in [3.8, 4) is 0 Å². The Morgan fingerprint density at radius 3 is 1.82 bits per heavy atom. The first-order valence-electron chi connectivity index (χ1n) is 3.73. The van der Waals surface area contributed by atoms with Gasteiger partial charge in [0.2, 0.25) is 0 Å². The molecule has 0 saturated heterocycles. The summed E-state index contributed by atoms with van der Waals surface area (Å²) >= 11 is 0. The molecule has 0 aromatic rings. The van der Waals surface area contributed by atoms with E-state index in [1.165, 1.54) is 6.92 Å². The molecule has 0 saturated carbocycles. The smallest absolute Gasteiger partial charge is 0.547 e. The first-order valence-corrected chi connectivity index (χ1v) is 3.73. The van der Waals surface area contributed by atoms with Gasteiger partial charge in [-0.3, -0.25) is 0 Å². The Labute approximate surface area is 121 Å². The maximum atomic E-state index is 10.8. The fraction of sp³-hybridized carbons (Fsp3) is 0.375. The fourth-order valence-corrected chi connectivity index (χ4v) is 0.581. The summed E-state index contributed by atoms with van der Waals surface area (Å²) in [6.45, 7) is 4.36. The van der Waals surface area contributed by atoms with Gasteiger partial charge < -0.3 is 29.6 Å². The normalized spacial score (nSPS) is 12.1. The Balaban J connectivity index is -0.000000980. The third-order valence-electron chi connectivity index (χ3n) is 1.34. The largest absolute Gasteiger partial charge is 1.00 e. The monoisotopic (exact) mass is 230 g/mol. The van der Waals surface area contributed by atoms with Crippen LogP contribution in [0.3, 0.4) is 0 Å². The second-order valence-corrected chi connectivity index (χ2v) is 2.69. The van der Waals surface area contributed by atoms with E-state index >= 15 is 0 Å². The Morgan fingerprint density at radius 1 is 1.18 bits per heavy atom. The molecule has 0 bridgehead atoms. The van der Waals surface area contributed by atoms with Gasteiger partial charge in [-0.15, -0.1) is 0 Å². The van der Waals surface area contributed by atoms with Crippen LogP contribution < -0.4 is 47.9 Å². The van der Waals surface area contributed by atoms with Crippen molar-refractivity contribution >= 4 is 17.9 Å². The molecular formula is C8H8Li2O7. The molecular weight excluding hydrogens is 222 g/mol. The summed E-state index contributed by atoms with van der Waals surface area (Å²) in [5, 5.41) is 29.3. The molecule has 0 rings (SSSR count). The van der Waals surface area contributed by atoms with Crippen LogP contribution in [0.4, 0.5) is 0 Å². The molecule has 2 atom stereocenters. The van der Waals surface area contributed by atoms with Crippen molar-refractivity contribution in [1.29, 1.82) is 0 Å². The summed E-state index contributed by atoms with van der Waals surface area (Å²) in [7, 11) is 0. The van der Waals surface area contributed by atoms with E-state index in [0.29, 0.717) is 0 Å². The minimum atomic E-state index is -2.49. The predicted molar refractivity (Wildman–Crippen MR) is 40.7 cm³/mol. The molecule has 0 fully saturated rings. The summed E-state index contributed by atoms with van der Waals surface area (Å²) in [5.74, 6) is -5.27. The van der Waals surface area contributed by atoms with Crippen LogP contribution in [0.5, 0.6) is 0 Å². The predicted octanol–water partition coefficient (Wildman–Crippen LogP) is -9.66. The van der Waals surface area contributed by atoms with E-state index in [1.54, 1.807) is 0 Å². The molecule has 0 aliphatic carbocycles. The maximum Gasteiger partial charge on any atom is 1.00 e. The van der Waals surface area contributed by atoms with E-state index in [2.05, 4.69) is 11.3 Å². The molecule has 2 unspecified atom stereocenters. The zero-order valence-corrected chi connectivity index (χ0v) is 9.76. The van der Waals surface area contributed by atoms with Gasteiger partial charge in [-0.2, -0.15) is 0 Å². The fourth-order valence-electron chi connectivity index (χ4n) is 0.581. The van der Waals surface area contributed by atoms with Gasteiger partial charge in [-0.05, 0) is 6.92 Å². The van der Waals surface area contributed by atoms with Crippen LogP contribution in [-0.4, -0.2) is 35.2 Å². The Hall–Kier alpha value is -0.695. The number of carbonyl (C=O) groups excluding carboxylic acids is 3. The van der Waals surface area contributed by atoms with Crippen molar-refractivity contribution in [3.05, 3.63) is 12.2 Å². The summed E-state index contributed by atoms with van der Waals surface area (Å²) in [4.78, 5) is 31.3. The van der Waals surface area contributed by atoms with E-state index in [0.717, 1.165) is 0 Å². The van der Waals surface area contributed by atoms with Crippen molar-refractivity contribution in [1.82, 2.24) is 0 Å². The Bertz CT molecular complexity index is 315. The van der Waals surface area contributed by atoms with Gasteiger partial charge in [0.25, 0.3) is 0 Å². The van der Waals surface area contributed by atoms with Gasteiger partial charge in [0.05, 0.1) is 11.9 Å². The molecule has 1 N–H and O–H groups in total. The van der Waals surface area contributed by atoms with E-state index < -0.39 is 30.1 Å². The van der Waals surface area contributed by atoms with Gasteiger partial charge in [-0.25, -0.2) is 4.79 Å². The molecule has 7 nitrogen and oxygen atoms in total. The second kappa shape index (κ2) is 9.35. The van der Waals surface area contributed by atoms with Gasteiger partial charge in [0, 0.05) is 5.57 Å². The number of carbonyl (C=O) groups is 3. The zero-order chi connectivity index (χ0) is 12.2. The molecule has 0 aliphatic rings. The van der Waals surface area contributed by atoms with E-state index in [1.807, 2.05) is 0 Å². The van der Waals surface area contributed by atoms with Gasteiger partial charge >= 0.3 is 43.7 Å². The molecule has 0 aromatic carbocycles. The molecule has 0 aliphatic heterocycles. The molecule has 0 aromatic heterocycles. The number of carboxylic acids is 2. The third kappa shape index (κ3) is 7.27. The number of esters is 1. The van der Waals surface area contributed by atoms with Crippen molar-refractivity contribution in [2.45, 2.75) is 19.1 Å². The number of ether oxygens (including phenoxy) is 1. The molecule has 84 valence electrons. The van der Waals surface area contributed by atoms with Gasteiger partial charge in [0.1, 0.15) is 6.10 Å². The van der Waals surface area contributed by atoms with Crippen molar-refractivity contribution < 1.29 is 72.2 Å². The quantitative estimate of drug-likeness (QED) is 0.282. The van der Waals surface area contributed by atoms with E-state index in [4.69, 9.17) is 5.11 Å². The second-order valence-electron chi connectivity index (χ2n) is 2.69. The van der Waals surface area contributed by atoms with Gasteiger partial charge in [0.15, 0.2) is 6.10 Å². The van der Waals surface area contributed by atoms with Crippen LogP contribution in [0.1, 0.15) is 6.92 Å².